The van der Waals surface area contributed by atoms with E-state index in [1.54, 1.807) is 17.5 Å². The summed E-state index contributed by atoms with van der Waals surface area (Å²) < 4.78 is 55.5. The van der Waals surface area contributed by atoms with Crippen LogP contribution in [0.1, 0.15) is 10.4 Å². The SMILES string of the molecule is O=C(c1cccc(OC(F)F)c1)N1CCN(S(=O)(=O)c2cccs2)CC1. The monoisotopic (exact) mass is 402 g/mol. The maximum absolute atomic E-state index is 12.5. The zero-order valence-corrected chi connectivity index (χ0v) is 15.2. The van der Waals surface area contributed by atoms with Crippen LogP contribution < -0.4 is 4.74 Å². The van der Waals surface area contributed by atoms with Crippen LogP contribution in [0.25, 0.3) is 0 Å². The van der Waals surface area contributed by atoms with Gasteiger partial charge in [0.1, 0.15) is 9.96 Å². The van der Waals surface area contributed by atoms with Gasteiger partial charge in [-0.2, -0.15) is 13.1 Å². The van der Waals surface area contributed by atoms with Gasteiger partial charge in [0.05, 0.1) is 0 Å². The zero-order chi connectivity index (χ0) is 18.7. The van der Waals surface area contributed by atoms with E-state index in [1.807, 2.05) is 0 Å². The Morgan fingerprint density at radius 2 is 1.85 bits per heavy atom. The highest BCUT2D eigenvalue weighted by atomic mass is 32.2. The highest BCUT2D eigenvalue weighted by molar-refractivity contribution is 7.91. The molecule has 1 amide bonds. The van der Waals surface area contributed by atoms with Crippen LogP contribution in [0.3, 0.4) is 0 Å². The van der Waals surface area contributed by atoms with Crippen molar-refractivity contribution in [3.05, 3.63) is 47.3 Å². The van der Waals surface area contributed by atoms with Gasteiger partial charge in [0.2, 0.25) is 0 Å². The van der Waals surface area contributed by atoms with Gasteiger partial charge in [0, 0.05) is 31.7 Å². The molecule has 2 aromatic rings. The molecular weight excluding hydrogens is 386 g/mol. The number of benzene rings is 1. The van der Waals surface area contributed by atoms with Gasteiger partial charge in [-0.15, -0.1) is 11.3 Å². The Bertz CT molecular complexity index is 864. The third kappa shape index (κ3) is 4.02. The molecule has 0 saturated carbocycles. The molecule has 1 saturated heterocycles. The predicted molar refractivity (Wildman–Crippen MR) is 92.1 cm³/mol. The van der Waals surface area contributed by atoms with Crippen LogP contribution in [0.15, 0.2) is 46.0 Å². The molecule has 1 fully saturated rings. The average molecular weight is 402 g/mol. The molecule has 0 spiro atoms. The summed E-state index contributed by atoms with van der Waals surface area (Å²) in [5.74, 6) is -0.442. The summed E-state index contributed by atoms with van der Waals surface area (Å²) in [4.78, 5) is 14.0. The molecule has 0 bridgehead atoms. The minimum absolute atomic E-state index is 0.0928. The molecule has 0 aliphatic carbocycles. The number of carbonyl (C=O) groups is 1. The number of carbonyl (C=O) groups excluding carboxylic acids is 1. The van der Waals surface area contributed by atoms with Crippen molar-refractivity contribution in [2.24, 2.45) is 0 Å². The fourth-order valence-corrected chi connectivity index (χ4v) is 5.22. The predicted octanol–water partition coefficient (Wildman–Crippen LogP) is 2.50. The van der Waals surface area contributed by atoms with Crippen molar-refractivity contribution in [1.29, 1.82) is 0 Å². The smallest absolute Gasteiger partial charge is 0.387 e. The number of alkyl halides is 2. The third-order valence-corrected chi connectivity index (χ3v) is 7.19. The van der Waals surface area contributed by atoms with Crippen molar-refractivity contribution in [3.8, 4) is 5.75 Å². The lowest BCUT2D eigenvalue weighted by Gasteiger charge is -2.33. The summed E-state index contributed by atoms with van der Waals surface area (Å²) in [5.41, 5.74) is 0.220. The molecule has 140 valence electrons. The summed E-state index contributed by atoms with van der Waals surface area (Å²) in [5, 5.41) is 1.70. The highest BCUT2D eigenvalue weighted by Crippen LogP contribution is 2.23. The van der Waals surface area contributed by atoms with Crippen molar-refractivity contribution in [3.63, 3.8) is 0 Å². The number of rotatable bonds is 5. The van der Waals surface area contributed by atoms with Crippen molar-refractivity contribution in [2.75, 3.05) is 26.2 Å². The van der Waals surface area contributed by atoms with E-state index in [9.17, 15) is 22.0 Å². The molecule has 1 aliphatic heterocycles. The van der Waals surface area contributed by atoms with Crippen LogP contribution in [0.2, 0.25) is 0 Å². The van der Waals surface area contributed by atoms with Gasteiger partial charge in [-0.25, -0.2) is 8.42 Å². The van der Waals surface area contributed by atoms with Gasteiger partial charge >= 0.3 is 6.61 Å². The molecule has 2 heterocycles. The number of nitrogens with zero attached hydrogens (tertiary/aromatic N) is 2. The van der Waals surface area contributed by atoms with E-state index in [2.05, 4.69) is 4.74 Å². The van der Waals surface area contributed by atoms with Crippen LogP contribution in [0, 0.1) is 0 Å². The Morgan fingerprint density at radius 3 is 2.46 bits per heavy atom. The lowest BCUT2D eigenvalue weighted by atomic mass is 10.1. The van der Waals surface area contributed by atoms with E-state index in [0.29, 0.717) is 0 Å². The normalized spacial score (nSPS) is 16.0. The molecule has 10 heteroatoms. The van der Waals surface area contributed by atoms with Crippen molar-refractivity contribution in [1.82, 2.24) is 9.21 Å². The van der Waals surface area contributed by atoms with E-state index in [1.165, 1.54) is 33.5 Å². The summed E-state index contributed by atoms with van der Waals surface area (Å²) in [6, 6.07) is 8.79. The molecule has 26 heavy (non-hydrogen) atoms. The minimum Gasteiger partial charge on any atom is -0.435 e. The Kier molecular flexibility index (Phi) is 5.54. The van der Waals surface area contributed by atoms with E-state index >= 15 is 0 Å². The van der Waals surface area contributed by atoms with Gasteiger partial charge in [-0.05, 0) is 29.6 Å². The number of piperazine rings is 1. The first-order chi connectivity index (χ1) is 12.4. The lowest BCUT2D eigenvalue weighted by molar-refractivity contribution is -0.0499. The number of ether oxygens (including phenoxy) is 1. The lowest BCUT2D eigenvalue weighted by Crippen LogP contribution is -2.50. The molecule has 0 radical (unpaired) electrons. The van der Waals surface area contributed by atoms with E-state index in [0.717, 1.165) is 11.3 Å². The minimum atomic E-state index is -3.54. The number of hydrogen-bond acceptors (Lipinski definition) is 5. The van der Waals surface area contributed by atoms with Crippen LogP contribution in [-0.4, -0.2) is 56.3 Å². The number of amides is 1. The molecule has 6 nitrogen and oxygen atoms in total. The number of thiophene rings is 1. The van der Waals surface area contributed by atoms with Crippen LogP contribution in [0.4, 0.5) is 8.78 Å². The molecule has 3 rings (SSSR count). The maximum Gasteiger partial charge on any atom is 0.387 e. The zero-order valence-electron chi connectivity index (χ0n) is 13.5. The number of halogens is 2. The Labute approximate surface area is 153 Å². The second-order valence-electron chi connectivity index (χ2n) is 5.53. The van der Waals surface area contributed by atoms with Crippen molar-refractivity contribution in [2.45, 2.75) is 10.8 Å². The standard InChI is InChI=1S/C16H16F2N2O4S2/c17-16(18)24-13-4-1-3-12(11-13)15(21)19-6-8-20(9-7-19)26(22,23)14-5-2-10-25-14/h1-5,10-11,16H,6-9H2. The van der Waals surface area contributed by atoms with Crippen molar-refractivity contribution >= 4 is 27.3 Å². The van der Waals surface area contributed by atoms with Crippen LogP contribution in [-0.2, 0) is 10.0 Å². The molecule has 0 N–H and O–H groups in total. The fourth-order valence-electron chi connectivity index (χ4n) is 2.66. The second kappa shape index (κ2) is 7.68. The fraction of sp³-hybridized carbons (Fsp3) is 0.312. The van der Waals surface area contributed by atoms with E-state index < -0.39 is 16.6 Å². The molecular formula is C16H16F2N2O4S2. The molecule has 1 aliphatic rings. The van der Waals surface area contributed by atoms with Gasteiger partial charge in [-0.1, -0.05) is 12.1 Å². The average Bonchev–Trinajstić information content (AvgIpc) is 3.16. The van der Waals surface area contributed by atoms with E-state index in [4.69, 9.17) is 0 Å². The maximum atomic E-state index is 12.5. The van der Waals surface area contributed by atoms with E-state index in [-0.39, 0.29) is 47.6 Å². The van der Waals surface area contributed by atoms with Gasteiger partial charge in [0.15, 0.2) is 0 Å². The second-order valence-corrected chi connectivity index (χ2v) is 8.65. The molecule has 0 unspecified atom stereocenters. The Morgan fingerprint density at radius 1 is 1.12 bits per heavy atom. The summed E-state index contributed by atoms with van der Waals surface area (Å²) in [6.45, 7) is -2.16. The number of hydrogen-bond donors (Lipinski definition) is 0. The highest BCUT2D eigenvalue weighted by Gasteiger charge is 2.31. The van der Waals surface area contributed by atoms with Gasteiger partial charge in [-0.3, -0.25) is 4.79 Å². The summed E-state index contributed by atoms with van der Waals surface area (Å²) in [6.07, 6.45) is 0. The van der Waals surface area contributed by atoms with Crippen LogP contribution in [0.5, 0.6) is 5.75 Å². The van der Waals surface area contributed by atoms with Crippen LogP contribution >= 0.6 is 11.3 Å². The summed E-state index contributed by atoms with van der Waals surface area (Å²) in [7, 11) is -3.54. The number of sulfonamides is 1. The summed E-state index contributed by atoms with van der Waals surface area (Å²) >= 11 is 1.15. The molecule has 1 aromatic heterocycles. The Balaban J connectivity index is 1.66. The molecule has 1 aromatic carbocycles. The van der Waals surface area contributed by atoms with Gasteiger partial charge in [0.25, 0.3) is 15.9 Å². The van der Waals surface area contributed by atoms with Crippen molar-refractivity contribution < 1.29 is 26.7 Å². The third-order valence-electron chi connectivity index (χ3n) is 3.92. The largest absolute Gasteiger partial charge is 0.435 e. The molecule has 0 atom stereocenters. The topological polar surface area (TPSA) is 66.9 Å². The first-order valence-corrected chi connectivity index (χ1v) is 10.1. The Hall–Kier alpha value is -2.04. The first kappa shape index (κ1) is 18.7. The first-order valence-electron chi connectivity index (χ1n) is 7.76. The quantitative estimate of drug-likeness (QED) is 0.771. The van der Waals surface area contributed by atoms with Gasteiger partial charge < -0.3 is 9.64 Å².